The van der Waals surface area contributed by atoms with Crippen LogP contribution in [0.3, 0.4) is 0 Å². The Hall–Kier alpha value is -10.6. The summed E-state index contributed by atoms with van der Waals surface area (Å²) in [4.78, 5) is 141. The molecule has 4 aromatic rings. The third kappa shape index (κ3) is 25.0. The number of hydroxylamine groups is 2. The number of amides is 8. The van der Waals surface area contributed by atoms with Crippen molar-refractivity contribution in [3.63, 3.8) is 0 Å². The number of fused-ring (bicyclic) bond motifs is 1. The van der Waals surface area contributed by atoms with Crippen molar-refractivity contribution in [3.8, 4) is 0 Å². The van der Waals surface area contributed by atoms with Crippen molar-refractivity contribution in [1.29, 1.82) is 21.6 Å². The molecule has 1 aliphatic rings. The van der Waals surface area contributed by atoms with Crippen molar-refractivity contribution in [1.82, 2.24) is 64.1 Å². The number of guanidine groups is 4. The molecule has 1 heterocycles. The Bertz CT molecular complexity index is 3160. The number of hydrogen-bond acceptors (Lipinski definition) is 15. The lowest BCUT2D eigenvalue weighted by Gasteiger charge is -2.29. The minimum atomic E-state index is -1.71. The highest BCUT2D eigenvalue weighted by atomic mass is 16.6. The number of carbonyl (C=O) groups is 9. The van der Waals surface area contributed by atoms with Gasteiger partial charge in [-0.25, -0.2) is 11.0 Å². The molecular weight excluding hydrogens is 1170 g/mol. The molecule has 0 saturated carbocycles. The van der Waals surface area contributed by atoms with Crippen molar-refractivity contribution in [2.45, 2.75) is 119 Å². The second-order valence-electron chi connectivity index (χ2n) is 21.0. The Morgan fingerprint density at radius 3 is 1.09 bits per heavy atom. The maximum Gasteiger partial charge on any atom is 0.303 e. The van der Waals surface area contributed by atoms with E-state index >= 15 is 9.59 Å². The topological polar surface area (TPSA) is 536 Å². The van der Waals surface area contributed by atoms with E-state index < -0.39 is 158 Å². The molecule has 8 amide bonds. The summed E-state index contributed by atoms with van der Waals surface area (Å²) >= 11 is 0. The fraction of sp³-hybridized carbons (Fsp3) is 0.397. The first-order valence-corrected chi connectivity index (χ1v) is 28.8. The van der Waals surface area contributed by atoms with Crippen LogP contribution in [0.5, 0.6) is 0 Å². The molecule has 0 aromatic heterocycles. The number of nitrogens with one attached hydrogen (secondary N) is 16. The van der Waals surface area contributed by atoms with Gasteiger partial charge in [-0.3, -0.25) is 74.5 Å². The van der Waals surface area contributed by atoms with Gasteiger partial charge in [0.05, 0.1) is 13.2 Å². The Labute approximate surface area is 517 Å². The number of carbonyl (C=O) groups excluding carboxylic acids is 8. The molecule has 4 aromatic carbocycles. The monoisotopic (exact) mass is 1250 g/mol. The van der Waals surface area contributed by atoms with Crippen LogP contribution in [0.4, 0.5) is 0 Å². The smallest absolute Gasteiger partial charge is 0.303 e. The van der Waals surface area contributed by atoms with Crippen LogP contribution in [0, 0.1) is 21.6 Å². The molecule has 0 spiro atoms. The molecule has 32 heteroatoms. The van der Waals surface area contributed by atoms with Gasteiger partial charge in [-0.1, -0.05) is 103 Å². The number of carboxylic acids is 1. The summed E-state index contributed by atoms with van der Waals surface area (Å²) in [5.74, 6) is -11.3. The minimum Gasteiger partial charge on any atom is -0.481 e. The van der Waals surface area contributed by atoms with Crippen LogP contribution >= 0.6 is 0 Å². The normalized spacial score (nSPS) is 20.8. The summed E-state index contributed by atoms with van der Waals surface area (Å²) in [6.45, 7) is -0.835. The van der Waals surface area contributed by atoms with E-state index in [2.05, 4.69) is 64.1 Å². The molecule has 484 valence electrons. The molecule has 1 saturated heterocycles. The van der Waals surface area contributed by atoms with E-state index in [1.54, 1.807) is 72.8 Å². The van der Waals surface area contributed by atoms with Gasteiger partial charge in [0.15, 0.2) is 11.9 Å². The van der Waals surface area contributed by atoms with Crippen molar-refractivity contribution >= 4 is 87.8 Å². The number of nitrogens with two attached hydrogens (primary N) is 4. The maximum atomic E-state index is 15.1. The molecule has 1 aliphatic heterocycles. The van der Waals surface area contributed by atoms with Crippen LogP contribution in [0.1, 0.15) is 68.1 Å². The van der Waals surface area contributed by atoms with Gasteiger partial charge >= 0.3 is 5.97 Å². The zero-order chi connectivity index (χ0) is 65.5. The van der Waals surface area contributed by atoms with Gasteiger partial charge in [-0.2, -0.15) is 0 Å². The van der Waals surface area contributed by atoms with Crippen LogP contribution in [0.2, 0.25) is 0 Å². The molecule has 0 aliphatic carbocycles. The molecule has 0 bridgehead atoms. The second-order valence-corrected chi connectivity index (χ2v) is 21.0. The minimum absolute atomic E-state index is 0.00445. The van der Waals surface area contributed by atoms with E-state index in [0.29, 0.717) is 16.7 Å². The molecule has 32 nitrogen and oxygen atoms in total. The van der Waals surface area contributed by atoms with Crippen LogP contribution in [0.25, 0.3) is 10.8 Å². The molecule has 90 heavy (non-hydrogen) atoms. The number of aliphatic carboxylic acids is 1. The first-order valence-electron chi connectivity index (χ1n) is 28.8. The van der Waals surface area contributed by atoms with Crippen LogP contribution in [-0.4, -0.2) is 157 Å². The lowest BCUT2D eigenvalue weighted by molar-refractivity contribution is -0.139. The number of benzene rings is 4. The van der Waals surface area contributed by atoms with E-state index in [4.69, 9.17) is 54.2 Å². The highest BCUT2D eigenvalue weighted by Crippen LogP contribution is 2.18. The molecule has 25 N–H and O–H groups in total. The molecule has 0 unspecified atom stereocenters. The standard InChI is InChI=1S/C58H80N20O12/c59-55(60)67-25-9-17-38-47(81)71-40(21-22-46(79)80)49(83)74-43(30-33-11-3-1-4-12-33)53(87)75-44(31-34-13-5-2-6-14-34)54(88)76-45(32-35-19-20-36-15-7-8-16-37(36)29-35)52(86)73-42(24-28-90-78-58(65)66)51(85)70-39(18-10-26-68-56(61)62)48(82)72-41(50(84)69-38)23-27-89-77-57(63)64/h1-8,11-16,19-20,29,38-45H,9-10,17-18,21-28,30-32H2,(H,69,84)(H,70,85)(H,71,81)(H,72,82)(H,73,86)(H,74,83)(H,75,87)(H,76,88)(H,79,80)(H4,59,60,67)(H4,61,62,68)(H4,63,64,77)(H4,65,66,78)/t38-,39-,40+,41+,42+,43+,44-,45+/m1/s1. The average molecular weight is 1250 g/mol. The van der Waals surface area contributed by atoms with Crippen molar-refractivity contribution < 1.29 is 57.9 Å². The number of carboxylic acid groups (broad SMARTS) is 1. The first kappa shape index (κ1) is 70.1. The van der Waals surface area contributed by atoms with Gasteiger partial charge in [0.1, 0.15) is 48.3 Å². The third-order valence-electron chi connectivity index (χ3n) is 13.9. The van der Waals surface area contributed by atoms with Crippen LogP contribution in [0.15, 0.2) is 103 Å². The Kier molecular flexibility index (Phi) is 28.4. The number of hydrogen-bond donors (Lipinski definition) is 21. The Morgan fingerprint density at radius 2 is 0.722 bits per heavy atom. The summed E-state index contributed by atoms with van der Waals surface area (Å²) in [7, 11) is 0. The van der Waals surface area contributed by atoms with Gasteiger partial charge in [0.2, 0.25) is 59.2 Å². The molecule has 8 atom stereocenters. The summed E-state index contributed by atoms with van der Waals surface area (Å²) in [5.41, 5.74) is 27.8. The predicted molar refractivity (Wildman–Crippen MR) is 330 cm³/mol. The van der Waals surface area contributed by atoms with Gasteiger partial charge in [0, 0.05) is 51.6 Å². The molecule has 1 fully saturated rings. The van der Waals surface area contributed by atoms with Gasteiger partial charge in [-0.15, -0.1) is 0 Å². The second kappa shape index (κ2) is 36.5. The lowest BCUT2D eigenvalue weighted by atomic mass is 9.99. The Morgan fingerprint density at radius 1 is 0.400 bits per heavy atom. The summed E-state index contributed by atoms with van der Waals surface area (Å²) in [6, 6.07) is 17.0. The van der Waals surface area contributed by atoms with Crippen molar-refractivity contribution in [2.75, 3.05) is 26.3 Å². The van der Waals surface area contributed by atoms with Crippen molar-refractivity contribution in [3.05, 3.63) is 120 Å². The zero-order valence-electron chi connectivity index (χ0n) is 49.3. The van der Waals surface area contributed by atoms with Crippen LogP contribution < -0.4 is 87.1 Å². The molecule has 0 radical (unpaired) electrons. The highest BCUT2D eigenvalue weighted by Gasteiger charge is 2.37. The van der Waals surface area contributed by atoms with E-state index in [1.165, 1.54) is 0 Å². The summed E-state index contributed by atoms with van der Waals surface area (Å²) < 4.78 is 0. The largest absolute Gasteiger partial charge is 0.481 e. The quantitative estimate of drug-likeness (QED) is 0.0134. The SMILES string of the molecule is N=C(N)NCCC[C@H]1NC(=O)[C@H](CCONC(=N)N)NC(=O)[C@@H](CCCNC(=N)N)NC(=O)[C@H](CCONC(=N)N)NC(=O)[C@H](Cc2ccc3ccccc3c2)NC(=O)[C@@H](Cc2ccccc2)NC(=O)[C@H](Cc2ccccc2)NC(=O)[C@H](CCC(=O)O)NC1=O. The predicted octanol–water partition coefficient (Wildman–Crippen LogP) is -3.24. The van der Waals surface area contributed by atoms with Crippen molar-refractivity contribution in [2.24, 2.45) is 22.9 Å². The van der Waals surface area contributed by atoms with Gasteiger partial charge in [0.25, 0.3) is 0 Å². The first-order chi connectivity index (χ1) is 43.0. The third-order valence-corrected chi connectivity index (χ3v) is 13.9. The lowest BCUT2D eigenvalue weighted by Crippen LogP contribution is -2.62. The Balaban J connectivity index is 1.69. The molecular formula is C58H80N20O12. The summed E-state index contributed by atoms with van der Waals surface area (Å²) in [6.07, 6.45) is -2.98. The summed E-state index contributed by atoms with van der Waals surface area (Å²) in [5, 5.41) is 68.3. The van der Waals surface area contributed by atoms with E-state index in [1.807, 2.05) is 30.3 Å². The van der Waals surface area contributed by atoms with Gasteiger partial charge < -0.3 is 81.2 Å². The fourth-order valence-corrected chi connectivity index (χ4v) is 9.39. The van der Waals surface area contributed by atoms with E-state index in [-0.39, 0.29) is 64.5 Å². The van der Waals surface area contributed by atoms with E-state index in [0.717, 1.165) is 10.8 Å². The maximum absolute atomic E-state index is 15.1. The zero-order valence-corrected chi connectivity index (χ0v) is 49.3. The average Bonchev–Trinajstić information content (AvgIpc) is 1.12. The van der Waals surface area contributed by atoms with E-state index in [9.17, 15) is 38.7 Å². The number of rotatable bonds is 25. The highest BCUT2D eigenvalue weighted by molar-refractivity contribution is 5.99. The molecule has 5 rings (SSSR count). The van der Waals surface area contributed by atoms with Crippen LogP contribution in [-0.2, 0) is 72.1 Å². The van der Waals surface area contributed by atoms with Gasteiger partial charge in [-0.05, 0) is 59.6 Å². The fourth-order valence-electron chi connectivity index (χ4n) is 9.39.